The Morgan fingerprint density at radius 2 is 2.06 bits per heavy atom. The minimum atomic E-state index is 0.329. The molecule has 4 heteroatoms. The van der Waals surface area contributed by atoms with Crippen LogP contribution in [0.2, 0.25) is 5.02 Å². The number of H-pyrrole nitrogens is 1. The first-order chi connectivity index (χ1) is 7.70. The number of hydrogen-bond donors (Lipinski definition) is 1. The first kappa shape index (κ1) is 10.7. The van der Waals surface area contributed by atoms with Gasteiger partial charge in [0.05, 0.1) is 18.2 Å². The number of nitriles is 1. The summed E-state index contributed by atoms with van der Waals surface area (Å²) in [5, 5.41) is 9.34. The van der Waals surface area contributed by atoms with Gasteiger partial charge in [-0.3, -0.25) is 0 Å². The summed E-state index contributed by atoms with van der Waals surface area (Å²) >= 11 is 5.81. The van der Waals surface area contributed by atoms with Crippen molar-refractivity contribution in [3.63, 3.8) is 0 Å². The molecule has 0 saturated heterocycles. The molecular weight excluding hydrogens is 222 g/mol. The van der Waals surface area contributed by atoms with Gasteiger partial charge in [0, 0.05) is 16.3 Å². The number of aromatic nitrogens is 2. The molecule has 0 saturated carbocycles. The highest BCUT2D eigenvalue weighted by molar-refractivity contribution is 6.30. The second kappa shape index (κ2) is 4.38. The van der Waals surface area contributed by atoms with Crippen molar-refractivity contribution in [1.29, 1.82) is 5.26 Å². The standard InChI is InChI=1S/C12H10ClN3/c1-8-11(6-7-14)16-12(15-8)9-2-4-10(13)5-3-9/h2-5H,6H2,1H3,(H,15,16). The third kappa shape index (κ3) is 2.07. The van der Waals surface area contributed by atoms with Crippen LogP contribution in [0, 0.1) is 18.3 Å². The maximum Gasteiger partial charge on any atom is 0.137 e. The van der Waals surface area contributed by atoms with Crippen LogP contribution in [-0.2, 0) is 6.42 Å². The van der Waals surface area contributed by atoms with Crippen LogP contribution in [0.3, 0.4) is 0 Å². The molecule has 0 amide bonds. The Labute approximate surface area is 98.7 Å². The van der Waals surface area contributed by atoms with E-state index in [0.29, 0.717) is 11.4 Å². The molecule has 2 rings (SSSR count). The third-order valence-corrected chi connectivity index (χ3v) is 2.60. The molecule has 0 aliphatic rings. The molecule has 16 heavy (non-hydrogen) atoms. The zero-order valence-corrected chi connectivity index (χ0v) is 9.54. The molecule has 0 aliphatic carbocycles. The highest BCUT2D eigenvalue weighted by Gasteiger charge is 2.07. The van der Waals surface area contributed by atoms with Crippen molar-refractivity contribution in [3.8, 4) is 17.5 Å². The van der Waals surface area contributed by atoms with Gasteiger partial charge in [0.1, 0.15) is 5.82 Å². The Balaban J connectivity index is 2.38. The molecule has 0 spiro atoms. The van der Waals surface area contributed by atoms with E-state index in [0.717, 1.165) is 22.8 Å². The summed E-state index contributed by atoms with van der Waals surface area (Å²) in [4.78, 5) is 7.54. The van der Waals surface area contributed by atoms with Crippen molar-refractivity contribution in [3.05, 3.63) is 40.7 Å². The molecule has 1 N–H and O–H groups in total. The van der Waals surface area contributed by atoms with E-state index in [1.807, 2.05) is 31.2 Å². The van der Waals surface area contributed by atoms with Crippen LogP contribution in [0.25, 0.3) is 11.4 Å². The molecular formula is C12H10ClN3. The molecule has 0 aliphatic heterocycles. The zero-order valence-electron chi connectivity index (χ0n) is 8.79. The summed E-state index contributed by atoms with van der Waals surface area (Å²) in [7, 11) is 0. The number of rotatable bonds is 2. The maximum absolute atomic E-state index is 8.64. The third-order valence-electron chi connectivity index (χ3n) is 2.35. The molecule has 3 nitrogen and oxygen atoms in total. The fourth-order valence-electron chi connectivity index (χ4n) is 1.49. The average Bonchev–Trinajstić information content (AvgIpc) is 2.62. The Morgan fingerprint density at radius 1 is 1.38 bits per heavy atom. The summed E-state index contributed by atoms with van der Waals surface area (Å²) in [6.07, 6.45) is 0.329. The fourth-order valence-corrected chi connectivity index (χ4v) is 1.61. The summed E-state index contributed by atoms with van der Waals surface area (Å²) < 4.78 is 0. The summed E-state index contributed by atoms with van der Waals surface area (Å²) in [6, 6.07) is 9.53. The molecule has 80 valence electrons. The summed E-state index contributed by atoms with van der Waals surface area (Å²) in [5.41, 5.74) is 2.70. The Bertz CT molecular complexity index is 534. The van der Waals surface area contributed by atoms with E-state index in [1.54, 1.807) is 0 Å². The van der Waals surface area contributed by atoms with E-state index in [9.17, 15) is 0 Å². The van der Waals surface area contributed by atoms with E-state index >= 15 is 0 Å². The smallest absolute Gasteiger partial charge is 0.137 e. The van der Waals surface area contributed by atoms with Gasteiger partial charge in [0.15, 0.2) is 0 Å². The second-order valence-corrected chi connectivity index (χ2v) is 3.94. The van der Waals surface area contributed by atoms with Crippen LogP contribution in [0.1, 0.15) is 11.4 Å². The minimum absolute atomic E-state index is 0.329. The van der Waals surface area contributed by atoms with E-state index in [4.69, 9.17) is 16.9 Å². The molecule has 0 unspecified atom stereocenters. The first-order valence-corrected chi connectivity index (χ1v) is 5.27. The van der Waals surface area contributed by atoms with Crippen molar-refractivity contribution < 1.29 is 0 Å². The zero-order chi connectivity index (χ0) is 11.5. The van der Waals surface area contributed by atoms with Gasteiger partial charge in [-0.1, -0.05) is 11.6 Å². The average molecular weight is 232 g/mol. The van der Waals surface area contributed by atoms with Gasteiger partial charge in [0.25, 0.3) is 0 Å². The predicted molar refractivity (Wildman–Crippen MR) is 63.1 cm³/mol. The van der Waals surface area contributed by atoms with E-state index in [-0.39, 0.29) is 0 Å². The highest BCUT2D eigenvalue weighted by Crippen LogP contribution is 2.20. The number of halogens is 1. The quantitative estimate of drug-likeness (QED) is 0.864. The molecule has 0 atom stereocenters. The van der Waals surface area contributed by atoms with Crippen LogP contribution < -0.4 is 0 Å². The Kier molecular flexibility index (Phi) is 2.93. The van der Waals surface area contributed by atoms with Gasteiger partial charge in [-0.15, -0.1) is 0 Å². The maximum atomic E-state index is 8.64. The van der Waals surface area contributed by atoms with Gasteiger partial charge < -0.3 is 4.98 Å². The number of imidazole rings is 1. The van der Waals surface area contributed by atoms with Gasteiger partial charge in [0.2, 0.25) is 0 Å². The van der Waals surface area contributed by atoms with Gasteiger partial charge in [-0.05, 0) is 31.2 Å². The SMILES string of the molecule is Cc1[nH]c(-c2ccc(Cl)cc2)nc1CC#N. The van der Waals surface area contributed by atoms with Crippen molar-refractivity contribution in [2.45, 2.75) is 13.3 Å². The lowest BCUT2D eigenvalue weighted by molar-refractivity contribution is 1.12. The lowest BCUT2D eigenvalue weighted by Crippen LogP contribution is -1.84. The van der Waals surface area contributed by atoms with Crippen LogP contribution in [0.4, 0.5) is 0 Å². The van der Waals surface area contributed by atoms with Gasteiger partial charge >= 0.3 is 0 Å². The number of nitrogens with zero attached hydrogens (tertiary/aromatic N) is 2. The van der Waals surface area contributed by atoms with E-state index in [1.165, 1.54) is 0 Å². The van der Waals surface area contributed by atoms with Crippen LogP contribution in [0.5, 0.6) is 0 Å². The first-order valence-electron chi connectivity index (χ1n) is 4.89. The van der Waals surface area contributed by atoms with Crippen molar-refractivity contribution in [1.82, 2.24) is 9.97 Å². The molecule has 1 aromatic heterocycles. The Hall–Kier alpha value is -1.79. The van der Waals surface area contributed by atoms with Crippen LogP contribution >= 0.6 is 11.6 Å². The van der Waals surface area contributed by atoms with Crippen LogP contribution in [0.15, 0.2) is 24.3 Å². The molecule has 1 aromatic carbocycles. The summed E-state index contributed by atoms with van der Waals surface area (Å²) in [6.45, 7) is 1.92. The van der Waals surface area contributed by atoms with Gasteiger partial charge in [-0.2, -0.15) is 5.26 Å². The number of hydrogen-bond acceptors (Lipinski definition) is 2. The Morgan fingerprint density at radius 3 is 2.69 bits per heavy atom. The van der Waals surface area contributed by atoms with Crippen molar-refractivity contribution >= 4 is 11.6 Å². The molecule has 1 heterocycles. The number of nitrogens with one attached hydrogen (secondary N) is 1. The van der Waals surface area contributed by atoms with E-state index < -0.39 is 0 Å². The molecule has 2 aromatic rings. The molecule has 0 radical (unpaired) electrons. The molecule has 0 bridgehead atoms. The largest absolute Gasteiger partial charge is 0.342 e. The topological polar surface area (TPSA) is 52.5 Å². The normalized spacial score (nSPS) is 10.1. The number of aryl methyl sites for hydroxylation is 1. The van der Waals surface area contributed by atoms with Crippen LogP contribution in [-0.4, -0.2) is 9.97 Å². The highest BCUT2D eigenvalue weighted by atomic mass is 35.5. The lowest BCUT2D eigenvalue weighted by atomic mass is 10.2. The lowest BCUT2D eigenvalue weighted by Gasteiger charge is -1.95. The van der Waals surface area contributed by atoms with Gasteiger partial charge in [-0.25, -0.2) is 4.98 Å². The van der Waals surface area contributed by atoms with Crippen molar-refractivity contribution in [2.24, 2.45) is 0 Å². The fraction of sp³-hybridized carbons (Fsp3) is 0.167. The summed E-state index contributed by atoms with van der Waals surface area (Å²) in [5.74, 6) is 0.777. The van der Waals surface area contributed by atoms with E-state index in [2.05, 4.69) is 16.0 Å². The van der Waals surface area contributed by atoms with Crippen molar-refractivity contribution in [2.75, 3.05) is 0 Å². The minimum Gasteiger partial charge on any atom is -0.342 e. The number of aromatic amines is 1. The second-order valence-electron chi connectivity index (χ2n) is 3.50. The molecule has 0 fully saturated rings. The monoisotopic (exact) mass is 231 g/mol. The predicted octanol–water partition coefficient (Wildman–Crippen LogP) is 3.10. The number of benzene rings is 1.